The Balaban J connectivity index is 1.87. The topological polar surface area (TPSA) is 52.6 Å². The fraction of sp³-hybridized carbons (Fsp3) is 0.462. The first-order chi connectivity index (χ1) is 9.06. The minimum Gasteiger partial charge on any atom is -0.391 e. The molecule has 1 atom stereocenters. The summed E-state index contributed by atoms with van der Waals surface area (Å²) in [6.07, 6.45) is 1.10. The molecular weight excluding hydrogens is 315 g/mol. The minimum absolute atomic E-state index is 0.220. The number of nitrogens with zero attached hydrogens (tertiary/aromatic N) is 1. The normalized spacial score (nSPS) is 19.3. The summed E-state index contributed by atoms with van der Waals surface area (Å²) in [6, 6.07) is 4.53. The molecule has 1 aliphatic rings. The first kappa shape index (κ1) is 14.3. The lowest BCUT2D eigenvalue weighted by molar-refractivity contribution is 0.0842. The van der Waals surface area contributed by atoms with Crippen LogP contribution in [0.3, 0.4) is 0 Å². The molecule has 0 radical (unpaired) electrons. The maximum atomic E-state index is 13.3. The molecule has 1 aromatic rings. The molecule has 0 bridgehead atoms. The highest BCUT2D eigenvalue weighted by molar-refractivity contribution is 9.10. The van der Waals surface area contributed by atoms with Crippen LogP contribution in [0.5, 0.6) is 0 Å². The number of carbonyl (C=O) groups excluding carboxylic acids is 1. The zero-order valence-corrected chi connectivity index (χ0v) is 12.0. The predicted molar refractivity (Wildman–Crippen MR) is 73.1 cm³/mol. The molecule has 6 heteroatoms. The lowest BCUT2D eigenvalue weighted by Crippen LogP contribution is -2.46. The number of piperidine rings is 1. The number of likely N-dealkylation sites (tertiary alicyclic amines) is 1. The molecule has 0 saturated carbocycles. The predicted octanol–water partition coefficient (Wildman–Crippen LogP) is 2.25. The summed E-state index contributed by atoms with van der Waals surface area (Å²) >= 11 is 3.08. The van der Waals surface area contributed by atoms with E-state index in [1.807, 2.05) is 0 Å². The molecular formula is C13H16BrFN2O2. The van der Waals surface area contributed by atoms with Crippen LogP contribution in [-0.2, 0) is 6.54 Å². The van der Waals surface area contributed by atoms with E-state index in [9.17, 15) is 14.3 Å². The number of carbonyl (C=O) groups is 1. The summed E-state index contributed by atoms with van der Waals surface area (Å²) in [5.41, 5.74) is 0.701. The molecule has 1 heterocycles. The van der Waals surface area contributed by atoms with Crippen molar-refractivity contribution in [3.8, 4) is 0 Å². The molecule has 2 N–H and O–H groups in total. The van der Waals surface area contributed by atoms with Crippen LogP contribution in [0, 0.1) is 5.82 Å². The number of aliphatic hydroxyl groups is 1. The molecule has 2 amide bonds. The van der Waals surface area contributed by atoms with Crippen molar-refractivity contribution in [2.24, 2.45) is 0 Å². The molecule has 1 unspecified atom stereocenters. The molecule has 0 aliphatic carbocycles. The van der Waals surface area contributed by atoms with Gasteiger partial charge in [0.1, 0.15) is 5.82 Å². The van der Waals surface area contributed by atoms with Gasteiger partial charge in [0.2, 0.25) is 0 Å². The third-order valence-electron chi connectivity index (χ3n) is 3.11. The number of urea groups is 1. The quantitative estimate of drug-likeness (QED) is 0.873. The van der Waals surface area contributed by atoms with Gasteiger partial charge in [-0.15, -0.1) is 0 Å². The van der Waals surface area contributed by atoms with Gasteiger partial charge < -0.3 is 15.3 Å². The highest BCUT2D eigenvalue weighted by Gasteiger charge is 2.21. The maximum Gasteiger partial charge on any atom is 0.317 e. The average Bonchev–Trinajstić information content (AvgIpc) is 2.40. The van der Waals surface area contributed by atoms with Crippen molar-refractivity contribution >= 4 is 22.0 Å². The monoisotopic (exact) mass is 330 g/mol. The van der Waals surface area contributed by atoms with E-state index in [1.54, 1.807) is 17.0 Å². The van der Waals surface area contributed by atoms with E-state index in [0.717, 1.165) is 12.8 Å². The van der Waals surface area contributed by atoms with Gasteiger partial charge in [0.25, 0.3) is 0 Å². The lowest BCUT2D eigenvalue weighted by atomic mass is 10.1. The summed E-state index contributed by atoms with van der Waals surface area (Å²) in [5, 5.41) is 12.2. The first-order valence-corrected chi connectivity index (χ1v) is 7.00. The van der Waals surface area contributed by atoms with Gasteiger partial charge in [0.15, 0.2) is 0 Å². The van der Waals surface area contributed by atoms with Gasteiger partial charge in [-0.3, -0.25) is 0 Å². The Morgan fingerprint density at radius 2 is 2.37 bits per heavy atom. The zero-order valence-electron chi connectivity index (χ0n) is 10.4. The largest absolute Gasteiger partial charge is 0.391 e. The first-order valence-electron chi connectivity index (χ1n) is 6.21. The van der Waals surface area contributed by atoms with Crippen molar-refractivity contribution in [1.82, 2.24) is 10.2 Å². The summed E-state index contributed by atoms with van der Waals surface area (Å²) < 4.78 is 13.7. The Labute approximate surface area is 119 Å². The number of benzene rings is 1. The third kappa shape index (κ3) is 3.91. The van der Waals surface area contributed by atoms with Crippen LogP contribution in [0.2, 0.25) is 0 Å². The number of rotatable bonds is 2. The highest BCUT2D eigenvalue weighted by atomic mass is 79.9. The van der Waals surface area contributed by atoms with Crippen LogP contribution < -0.4 is 5.32 Å². The van der Waals surface area contributed by atoms with Crippen molar-refractivity contribution in [1.29, 1.82) is 0 Å². The van der Waals surface area contributed by atoms with Crippen LogP contribution in [0.4, 0.5) is 9.18 Å². The Morgan fingerprint density at radius 1 is 1.58 bits per heavy atom. The zero-order chi connectivity index (χ0) is 13.8. The Kier molecular flexibility index (Phi) is 4.76. The van der Waals surface area contributed by atoms with Crippen molar-refractivity contribution in [2.45, 2.75) is 25.5 Å². The summed E-state index contributed by atoms with van der Waals surface area (Å²) in [7, 11) is 0. The molecule has 4 nitrogen and oxygen atoms in total. The molecule has 0 spiro atoms. The van der Waals surface area contributed by atoms with Crippen molar-refractivity contribution in [2.75, 3.05) is 13.1 Å². The Hall–Kier alpha value is -1.14. The number of hydrogen-bond acceptors (Lipinski definition) is 2. The van der Waals surface area contributed by atoms with Gasteiger partial charge in [-0.1, -0.05) is 6.07 Å². The van der Waals surface area contributed by atoms with Gasteiger partial charge in [0.05, 0.1) is 10.6 Å². The maximum absolute atomic E-state index is 13.3. The van der Waals surface area contributed by atoms with Gasteiger partial charge in [-0.05, 0) is 46.5 Å². The number of aliphatic hydroxyl groups excluding tert-OH is 1. The molecule has 1 aliphatic heterocycles. The average molecular weight is 331 g/mol. The summed E-state index contributed by atoms with van der Waals surface area (Å²) in [6.45, 7) is 1.29. The second-order valence-electron chi connectivity index (χ2n) is 4.65. The Morgan fingerprint density at radius 3 is 3.05 bits per heavy atom. The fourth-order valence-electron chi connectivity index (χ4n) is 2.08. The minimum atomic E-state index is -0.440. The van der Waals surface area contributed by atoms with E-state index in [0.29, 0.717) is 23.1 Å². The van der Waals surface area contributed by atoms with Crippen molar-refractivity contribution < 1.29 is 14.3 Å². The van der Waals surface area contributed by atoms with Crippen LogP contribution in [0.15, 0.2) is 22.7 Å². The fourth-order valence-corrected chi connectivity index (χ4v) is 2.32. The molecule has 104 valence electrons. The number of amides is 2. The van der Waals surface area contributed by atoms with Gasteiger partial charge in [-0.25, -0.2) is 9.18 Å². The van der Waals surface area contributed by atoms with Crippen molar-refractivity contribution in [3.05, 3.63) is 34.1 Å². The van der Waals surface area contributed by atoms with E-state index in [4.69, 9.17) is 0 Å². The van der Waals surface area contributed by atoms with E-state index in [2.05, 4.69) is 21.2 Å². The SMILES string of the molecule is O=C(NCc1ccc(Br)c(F)c1)N1CCCC(O)C1. The number of hydrogen-bond donors (Lipinski definition) is 2. The van der Waals surface area contributed by atoms with E-state index in [1.165, 1.54) is 6.07 Å². The van der Waals surface area contributed by atoms with E-state index >= 15 is 0 Å². The third-order valence-corrected chi connectivity index (χ3v) is 3.75. The van der Waals surface area contributed by atoms with Gasteiger partial charge >= 0.3 is 6.03 Å². The van der Waals surface area contributed by atoms with Gasteiger partial charge in [-0.2, -0.15) is 0 Å². The van der Waals surface area contributed by atoms with E-state index in [-0.39, 0.29) is 18.4 Å². The number of halogens is 2. The van der Waals surface area contributed by atoms with E-state index < -0.39 is 6.10 Å². The molecule has 1 fully saturated rings. The molecule has 2 rings (SSSR count). The lowest BCUT2D eigenvalue weighted by Gasteiger charge is -2.30. The van der Waals surface area contributed by atoms with Gasteiger partial charge in [0, 0.05) is 19.6 Å². The molecule has 1 saturated heterocycles. The second kappa shape index (κ2) is 6.34. The molecule has 19 heavy (non-hydrogen) atoms. The smallest absolute Gasteiger partial charge is 0.317 e. The van der Waals surface area contributed by atoms with Crippen molar-refractivity contribution in [3.63, 3.8) is 0 Å². The van der Waals surface area contributed by atoms with Crippen LogP contribution in [-0.4, -0.2) is 35.2 Å². The number of β-amino-alcohol motifs (C(OH)–C–C–N with tert-alkyl or cyclic N) is 1. The molecule has 0 aromatic heterocycles. The van der Waals surface area contributed by atoms with Crippen LogP contribution in [0.1, 0.15) is 18.4 Å². The number of nitrogens with one attached hydrogen (secondary N) is 1. The standard InChI is InChI=1S/C13H16BrFN2O2/c14-11-4-3-9(6-12(11)15)7-16-13(19)17-5-1-2-10(18)8-17/h3-4,6,10,18H,1-2,5,7-8H2,(H,16,19). The Bertz CT molecular complexity index is 470. The summed E-state index contributed by atoms with van der Waals surface area (Å²) in [5.74, 6) is -0.347. The highest BCUT2D eigenvalue weighted by Crippen LogP contribution is 2.16. The van der Waals surface area contributed by atoms with Crippen LogP contribution in [0.25, 0.3) is 0 Å². The second-order valence-corrected chi connectivity index (χ2v) is 5.50. The molecule has 1 aromatic carbocycles. The van der Waals surface area contributed by atoms with Crippen LogP contribution >= 0.6 is 15.9 Å². The summed E-state index contributed by atoms with van der Waals surface area (Å²) in [4.78, 5) is 13.5.